The highest BCUT2D eigenvalue weighted by Crippen LogP contribution is 2.48. The van der Waals surface area contributed by atoms with E-state index in [4.69, 9.17) is 29.0 Å². The Bertz CT molecular complexity index is 841. The fraction of sp³-hybridized carbons (Fsp3) is 0.688. The van der Waals surface area contributed by atoms with E-state index in [0.717, 1.165) is 0 Å². The molecule has 164 valence electrons. The normalized spacial score (nSPS) is 13.1. The minimum absolute atomic E-state index is 0.131. The van der Waals surface area contributed by atoms with Crippen molar-refractivity contribution in [3.8, 4) is 6.01 Å². The van der Waals surface area contributed by atoms with Crippen LogP contribution in [0.1, 0.15) is 20.8 Å². The monoisotopic (exact) mass is 495 g/mol. The molecule has 0 bridgehead atoms. The topological polar surface area (TPSA) is 133 Å². The lowest BCUT2D eigenvalue weighted by atomic mass is 10.4. The SMILES string of the molecule is CCOP(=O)(COC(C)Cn1c(Br)nc2c(N)nc(OCCOC)nc21)OCC. The zero-order valence-electron chi connectivity index (χ0n) is 17.0. The van der Waals surface area contributed by atoms with Crippen LogP contribution in [0.25, 0.3) is 11.2 Å². The van der Waals surface area contributed by atoms with E-state index in [0.29, 0.717) is 35.7 Å². The molecule has 1 atom stereocenters. The van der Waals surface area contributed by atoms with Gasteiger partial charge < -0.3 is 33.6 Å². The number of aromatic nitrogens is 4. The first kappa shape index (κ1) is 24.0. The first-order chi connectivity index (χ1) is 13.8. The molecule has 0 aliphatic heterocycles. The lowest BCUT2D eigenvalue weighted by Crippen LogP contribution is -2.19. The lowest BCUT2D eigenvalue weighted by molar-refractivity contribution is 0.0668. The Morgan fingerprint density at radius 1 is 1.17 bits per heavy atom. The van der Waals surface area contributed by atoms with Gasteiger partial charge in [-0.05, 0) is 36.7 Å². The van der Waals surface area contributed by atoms with Crippen LogP contribution in [0.3, 0.4) is 0 Å². The van der Waals surface area contributed by atoms with Gasteiger partial charge >= 0.3 is 13.6 Å². The molecule has 2 heterocycles. The van der Waals surface area contributed by atoms with Crippen LogP contribution in [0.5, 0.6) is 6.01 Å². The smallest absolute Gasteiger partial charge is 0.356 e. The molecule has 0 radical (unpaired) electrons. The first-order valence-corrected chi connectivity index (χ1v) is 11.7. The standard InChI is InChI=1S/C16H27BrN5O6P/c1-5-27-29(23,28-6-2)10-26-11(3)9-22-14-12(19-15(22)17)13(18)20-16(21-14)25-8-7-24-4/h11H,5-10H2,1-4H3,(H2,18,20,21). The number of halogens is 1. The molecular formula is C16H27BrN5O6P. The molecule has 0 spiro atoms. The van der Waals surface area contributed by atoms with Crippen molar-refractivity contribution in [1.29, 1.82) is 0 Å². The predicted molar refractivity (Wildman–Crippen MR) is 111 cm³/mol. The second kappa shape index (κ2) is 11.2. The highest BCUT2D eigenvalue weighted by molar-refractivity contribution is 9.10. The zero-order valence-corrected chi connectivity index (χ0v) is 19.4. The van der Waals surface area contributed by atoms with Gasteiger partial charge in [-0.25, -0.2) is 4.98 Å². The fourth-order valence-corrected chi connectivity index (χ4v) is 4.39. The Balaban J connectivity index is 2.15. The van der Waals surface area contributed by atoms with Gasteiger partial charge in [-0.2, -0.15) is 9.97 Å². The van der Waals surface area contributed by atoms with Crippen LogP contribution in [0.15, 0.2) is 4.73 Å². The van der Waals surface area contributed by atoms with Gasteiger partial charge in [0.15, 0.2) is 21.7 Å². The molecular weight excluding hydrogens is 469 g/mol. The van der Waals surface area contributed by atoms with E-state index in [-0.39, 0.29) is 37.5 Å². The molecule has 0 amide bonds. The largest absolute Gasteiger partial charge is 0.461 e. The molecule has 0 saturated heterocycles. The average Bonchev–Trinajstić information content (AvgIpc) is 2.97. The Morgan fingerprint density at radius 3 is 2.48 bits per heavy atom. The molecule has 29 heavy (non-hydrogen) atoms. The third-order valence-electron chi connectivity index (χ3n) is 3.68. The molecule has 0 aromatic carbocycles. The third-order valence-corrected chi connectivity index (χ3v) is 6.06. The van der Waals surface area contributed by atoms with Gasteiger partial charge in [0.25, 0.3) is 0 Å². The molecule has 0 fully saturated rings. The number of rotatable bonds is 13. The van der Waals surface area contributed by atoms with Crippen LogP contribution in [-0.2, 0) is 29.6 Å². The molecule has 0 aliphatic carbocycles. The van der Waals surface area contributed by atoms with E-state index in [2.05, 4.69) is 30.9 Å². The number of fused-ring (bicyclic) bond motifs is 1. The fourth-order valence-electron chi connectivity index (χ4n) is 2.45. The summed E-state index contributed by atoms with van der Waals surface area (Å²) in [7, 11) is -1.72. The molecule has 11 nitrogen and oxygen atoms in total. The average molecular weight is 496 g/mol. The van der Waals surface area contributed by atoms with E-state index in [1.165, 1.54) is 0 Å². The van der Waals surface area contributed by atoms with Crippen molar-refractivity contribution < 1.29 is 27.8 Å². The lowest BCUT2D eigenvalue weighted by Gasteiger charge is -2.20. The van der Waals surface area contributed by atoms with Crippen molar-refractivity contribution in [3.63, 3.8) is 0 Å². The summed E-state index contributed by atoms with van der Waals surface area (Å²) in [6, 6.07) is 0.131. The second-order valence-corrected chi connectivity index (χ2v) is 8.65. The summed E-state index contributed by atoms with van der Waals surface area (Å²) in [5.74, 6) is 0.202. The van der Waals surface area contributed by atoms with Crippen molar-refractivity contribution in [3.05, 3.63) is 4.73 Å². The number of nitrogens with zero attached hydrogens (tertiary/aromatic N) is 4. The van der Waals surface area contributed by atoms with Crippen molar-refractivity contribution >= 4 is 40.5 Å². The summed E-state index contributed by atoms with van der Waals surface area (Å²) in [6.07, 6.45) is -0.491. The van der Waals surface area contributed by atoms with E-state index in [1.54, 1.807) is 25.5 Å². The number of hydrogen-bond acceptors (Lipinski definition) is 10. The van der Waals surface area contributed by atoms with Crippen molar-refractivity contribution in [2.75, 3.05) is 45.6 Å². The van der Waals surface area contributed by atoms with Crippen LogP contribution in [0.2, 0.25) is 0 Å². The number of ether oxygens (including phenoxy) is 3. The minimum Gasteiger partial charge on any atom is -0.461 e. The van der Waals surface area contributed by atoms with Crippen LogP contribution in [0.4, 0.5) is 5.82 Å². The second-order valence-electron chi connectivity index (χ2n) is 5.95. The maximum absolute atomic E-state index is 12.6. The number of nitrogens with two attached hydrogens (primary N) is 1. The van der Waals surface area contributed by atoms with E-state index in [9.17, 15) is 4.57 Å². The summed E-state index contributed by atoms with van der Waals surface area (Å²) in [5.41, 5.74) is 6.93. The molecule has 1 unspecified atom stereocenters. The number of anilines is 1. The molecule has 2 aromatic heterocycles. The highest BCUT2D eigenvalue weighted by atomic mass is 79.9. The zero-order chi connectivity index (χ0) is 21.4. The summed E-state index contributed by atoms with van der Waals surface area (Å²) in [5, 5.41) is 0. The van der Waals surface area contributed by atoms with Gasteiger partial charge in [0.2, 0.25) is 0 Å². The summed E-state index contributed by atoms with van der Waals surface area (Å²) in [4.78, 5) is 12.9. The molecule has 0 aliphatic rings. The number of imidazole rings is 1. The van der Waals surface area contributed by atoms with Crippen molar-refractivity contribution in [2.45, 2.75) is 33.4 Å². The van der Waals surface area contributed by atoms with E-state index >= 15 is 0 Å². The third kappa shape index (κ3) is 6.59. The Labute approximate surface area is 177 Å². The predicted octanol–water partition coefficient (Wildman–Crippen LogP) is 2.82. The van der Waals surface area contributed by atoms with E-state index in [1.807, 2.05) is 6.92 Å². The Hall–Kier alpha value is -1.30. The maximum Gasteiger partial charge on any atom is 0.356 e. The van der Waals surface area contributed by atoms with Crippen molar-refractivity contribution in [1.82, 2.24) is 19.5 Å². The Kier molecular flexibility index (Phi) is 9.25. The van der Waals surface area contributed by atoms with Crippen molar-refractivity contribution in [2.24, 2.45) is 0 Å². The van der Waals surface area contributed by atoms with Gasteiger partial charge in [0, 0.05) is 7.11 Å². The van der Waals surface area contributed by atoms with Gasteiger partial charge in [-0.3, -0.25) is 4.57 Å². The molecule has 13 heteroatoms. The molecule has 2 aromatic rings. The molecule has 0 saturated carbocycles. The number of methoxy groups -OCH3 is 1. The summed E-state index contributed by atoms with van der Waals surface area (Å²) < 4.78 is 41.5. The number of hydrogen-bond donors (Lipinski definition) is 1. The quantitative estimate of drug-likeness (QED) is 0.251. The van der Waals surface area contributed by atoms with Gasteiger partial charge in [-0.15, -0.1) is 0 Å². The number of nitrogen functional groups attached to an aromatic ring is 1. The van der Waals surface area contributed by atoms with Gasteiger partial charge in [0.1, 0.15) is 13.0 Å². The Morgan fingerprint density at radius 2 is 1.86 bits per heavy atom. The van der Waals surface area contributed by atoms with E-state index < -0.39 is 7.60 Å². The van der Waals surface area contributed by atoms with Crippen LogP contribution < -0.4 is 10.5 Å². The molecule has 2 rings (SSSR count). The summed E-state index contributed by atoms with van der Waals surface area (Å²) in [6.45, 7) is 6.93. The van der Waals surface area contributed by atoms with Crippen LogP contribution in [0, 0.1) is 0 Å². The summed E-state index contributed by atoms with van der Waals surface area (Å²) >= 11 is 3.41. The minimum atomic E-state index is -3.29. The van der Waals surface area contributed by atoms with Crippen LogP contribution >= 0.6 is 23.5 Å². The van der Waals surface area contributed by atoms with Crippen LogP contribution in [-0.4, -0.2) is 65.5 Å². The van der Waals surface area contributed by atoms with Gasteiger partial charge in [-0.1, -0.05) is 0 Å². The highest BCUT2D eigenvalue weighted by Gasteiger charge is 2.26. The van der Waals surface area contributed by atoms with Gasteiger partial charge in [0.05, 0.1) is 32.5 Å². The first-order valence-electron chi connectivity index (χ1n) is 9.14. The maximum atomic E-state index is 12.6. The molecule has 2 N–H and O–H groups in total.